The van der Waals surface area contributed by atoms with Crippen LogP contribution in [0.25, 0.3) is 0 Å². The highest BCUT2D eigenvalue weighted by Gasteiger charge is 2.57. The van der Waals surface area contributed by atoms with E-state index in [9.17, 15) is 4.79 Å². The summed E-state index contributed by atoms with van der Waals surface area (Å²) in [5, 5.41) is 0. The topological polar surface area (TPSA) is 26.3 Å². The zero-order valence-corrected chi connectivity index (χ0v) is 9.48. The third-order valence-corrected chi connectivity index (χ3v) is 3.89. The lowest BCUT2D eigenvalue weighted by atomic mass is 9.92. The van der Waals surface area contributed by atoms with Gasteiger partial charge in [0.2, 0.25) is 0 Å². The molecule has 1 aromatic rings. The first-order valence-electron chi connectivity index (χ1n) is 6.07. The fourth-order valence-electron chi connectivity index (χ4n) is 3.13. The molecule has 3 atom stereocenters. The van der Waals surface area contributed by atoms with E-state index >= 15 is 0 Å². The molecule has 1 fully saturated rings. The Morgan fingerprint density at radius 3 is 3.06 bits per heavy atom. The monoisotopic (exact) mass is 216 g/mol. The highest BCUT2D eigenvalue weighted by Crippen LogP contribution is 2.60. The number of benzene rings is 1. The highest BCUT2D eigenvalue weighted by atomic mass is 16.5. The first-order valence-corrected chi connectivity index (χ1v) is 6.07. The summed E-state index contributed by atoms with van der Waals surface area (Å²) < 4.78 is 5.13. The van der Waals surface area contributed by atoms with Crippen LogP contribution < -0.4 is 0 Å². The third kappa shape index (κ3) is 1.36. The Kier molecular flexibility index (Phi) is 2.23. The predicted octanol–water partition coefficient (Wildman–Crippen LogP) is 2.53. The van der Waals surface area contributed by atoms with Crippen molar-refractivity contribution in [3.05, 3.63) is 35.4 Å². The standard InChI is InChI=1S/C14H16O2/c1-2-16-14(15)13-11-8-7-9-5-3-4-6-10(9)12(11)13/h3-6,11-13H,2,7-8H2,1H3/t11-,12+,13?/m1/s1. The zero-order chi connectivity index (χ0) is 11.1. The average Bonchev–Trinajstić information content (AvgIpc) is 3.04. The van der Waals surface area contributed by atoms with Gasteiger partial charge in [-0.15, -0.1) is 0 Å². The van der Waals surface area contributed by atoms with Crippen LogP contribution in [0.15, 0.2) is 24.3 Å². The fourth-order valence-corrected chi connectivity index (χ4v) is 3.13. The molecule has 0 radical (unpaired) electrons. The van der Waals surface area contributed by atoms with Gasteiger partial charge >= 0.3 is 5.97 Å². The van der Waals surface area contributed by atoms with Crippen LogP contribution >= 0.6 is 0 Å². The number of hydrogen-bond donors (Lipinski definition) is 0. The summed E-state index contributed by atoms with van der Waals surface area (Å²) in [7, 11) is 0. The van der Waals surface area contributed by atoms with Crippen LogP contribution in [0.3, 0.4) is 0 Å². The van der Waals surface area contributed by atoms with E-state index in [-0.39, 0.29) is 11.9 Å². The number of ether oxygens (including phenoxy) is 1. The molecule has 0 aliphatic heterocycles. The smallest absolute Gasteiger partial charge is 0.309 e. The molecule has 0 aromatic heterocycles. The maximum absolute atomic E-state index is 11.8. The molecule has 1 saturated carbocycles. The molecule has 1 unspecified atom stereocenters. The summed E-state index contributed by atoms with van der Waals surface area (Å²) in [4.78, 5) is 11.8. The van der Waals surface area contributed by atoms with Crippen LogP contribution in [0.1, 0.15) is 30.4 Å². The lowest BCUT2D eigenvalue weighted by Gasteiger charge is -2.13. The summed E-state index contributed by atoms with van der Waals surface area (Å²) in [6.07, 6.45) is 2.26. The van der Waals surface area contributed by atoms with Crippen LogP contribution in [-0.4, -0.2) is 12.6 Å². The minimum Gasteiger partial charge on any atom is -0.466 e. The highest BCUT2D eigenvalue weighted by molar-refractivity contribution is 5.78. The van der Waals surface area contributed by atoms with Crippen LogP contribution in [0, 0.1) is 11.8 Å². The third-order valence-electron chi connectivity index (χ3n) is 3.89. The molecule has 0 amide bonds. The molecule has 16 heavy (non-hydrogen) atoms. The quantitative estimate of drug-likeness (QED) is 0.710. The van der Waals surface area contributed by atoms with Gasteiger partial charge in [-0.25, -0.2) is 0 Å². The molecule has 0 saturated heterocycles. The van der Waals surface area contributed by atoms with Gasteiger partial charge in [-0.05, 0) is 36.8 Å². The fraction of sp³-hybridized carbons (Fsp3) is 0.500. The Hall–Kier alpha value is -1.31. The second kappa shape index (κ2) is 3.62. The largest absolute Gasteiger partial charge is 0.466 e. The molecular formula is C14H16O2. The summed E-state index contributed by atoms with van der Waals surface area (Å²) in [6.45, 7) is 2.37. The zero-order valence-electron chi connectivity index (χ0n) is 9.48. The number of hydrogen-bond acceptors (Lipinski definition) is 2. The number of rotatable bonds is 2. The molecule has 2 heteroatoms. The Bertz CT molecular complexity index is 424. The van der Waals surface area contributed by atoms with Crippen molar-refractivity contribution in [3.8, 4) is 0 Å². The Morgan fingerprint density at radius 2 is 2.25 bits per heavy atom. The summed E-state index contributed by atoms with van der Waals surface area (Å²) in [5.74, 6) is 1.15. The van der Waals surface area contributed by atoms with Crippen LogP contribution in [0.4, 0.5) is 0 Å². The maximum atomic E-state index is 11.8. The predicted molar refractivity (Wildman–Crippen MR) is 61.1 cm³/mol. The summed E-state index contributed by atoms with van der Waals surface area (Å²) >= 11 is 0. The number of esters is 1. The van der Waals surface area contributed by atoms with Gasteiger partial charge in [0.1, 0.15) is 0 Å². The molecule has 84 valence electrons. The second-order valence-electron chi connectivity index (χ2n) is 4.70. The van der Waals surface area contributed by atoms with E-state index in [0.717, 1.165) is 12.8 Å². The molecule has 0 heterocycles. The van der Waals surface area contributed by atoms with Gasteiger partial charge < -0.3 is 4.74 Å². The van der Waals surface area contributed by atoms with Crippen molar-refractivity contribution in [2.24, 2.45) is 11.8 Å². The Labute approximate surface area is 95.6 Å². The van der Waals surface area contributed by atoms with Gasteiger partial charge in [-0.1, -0.05) is 24.3 Å². The normalized spacial score (nSPS) is 30.2. The van der Waals surface area contributed by atoms with Crippen LogP contribution in [0.2, 0.25) is 0 Å². The van der Waals surface area contributed by atoms with Gasteiger partial charge in [0.15, 0.2) is 0 Å². The molecule has 2 aliphatic rings. The number of fused-ring (bicyclic) bond motifs is 3. The van der Waals surface area contributed by atoms with Crippen LogP contribution in [-0.2, 0) is 16.0 Å². The van der Waals surface area contributed by atoms with E-state index < -0.39 is 0 Å². The van der Waals surface area contributed by atoms with Crippen molar-refractivity contribution in [2.75, 3.05) is 6.61 Å². The van der Waals surface area contributed by atoms with Crippen molar-refractivity contribution in [1.82, 2.24) is 0 Å². The van der Waals surface area contributed by atoms with Gasteiger partial charge in [-0.2, -0.15) is 0 Å². The van der Waals surface area contributed by atoms with Gasteiger partial charge in [0.25, 0.3) is 0 Å². The molecule has 0 bridgehead atoms. The number of aryl methyl sites for hydroxylation is 1. The minimum atomic E-state index is 0.00852. The maximum Gasteiger partial charge on any atom is 0.309 e. The van der Waals surface area contributed by atoms with E-state index in [4.69, 9.17) is 4.74 Å². The van der Waals surface area contributed by atoms with E-state index in [2.05, 4.69) is 24.3 Å². The molecule has 0 spiro atoms. The molecule has 0 N–H and O–H groups in total. The molecule has 2 aliphatic carbocycles. The molecular weight excluding hydrogens is 200 g/mol. The number of carbonyl (C=O) groups excluding carboxylic acids is 1. The molecule has 1 aromatic carbocycles. The molecule has 2 nitrogen and oxygen atoms in total. The van der Waals surface area contributed by atoms with E-state index in [0.29, 0.717) is 18.4 Å². The SMILES string of the molecule is CCOC(=O)C1[C@H]2c3ccccc3CC[C@@H]12. The van der Waals surface area contributed by atoms with Crippen molar-refractivity contribution in [1.29, 1.82) is 0 Å². The first kappa shape index (κ1) is 9.88. The van der Waals surface area contributed by atoms with E-state index in [1.54, 1.807) is 0 Å². The summed E-state index contributed by atoms with van der Waals surface area (Å²) in [6, 6.07) is 8.51. The van der Waals surface area contributed by atoms with Gasteiger partial charge in [0.05, 0.1) is 12.5 Å². The Morgan fingerprint density at radius 1 is 1.44 bits per heavy atom. The minimum absolute atomic E-state index is 0.00852. The van der Waals surface area contributed by atoms with Crippen molar-refractivity contribution in [2.45, 2.75) is 25.7 Å². The van der Waals surface area contributed by atoms with E-state index in [1.807, 2.05) is 6.92 Å². The van der Waals surface area contributed by atoms with Crippen molar-refractivity contribution < 1.29 is 9.53 Å². The lowest BCUT2D eigenvalue weighted by molar-refractivity contribution is -0.145. The van der Waals surface area contributed by atoms with Gasteiger partial charge in [-0.3, -0.25) is 4.79 Å². The van der Waals surface area contributed by atoms with Gasteiger partial charge in [0, 0.05) is 5.92 Å². The lowest BCUT2D eigenvalue weighted by Crippen LogP contribution is -2.08. The second-order valence-corrected chi connectivity index (χ2v) is 4.70. The average molecular weight is 216 g/mol. The summed E-state index contributed by atoms with van der Waals surface area (Å²) in [5.41, 5.74) is 2.81. The molecule has 3 rings (SSSR count). The van der Waals surface area contributed by atoms with Crippen molar-refractivity contribution >= 4 is 5.97 Å². The first-order chi connectivity index (χ1) is 7.83. The Balaban J connectivity index is 1.85. The van der Waals surface area contributed by atoms with E-state index in [1.165, 1.54) is 11.1 Å². The van der Waals surface area contributed by atoms with Crippen molar-refractivity contribution in [3.63, 3.8) is 0 Å². The van der Waals surface area contributed by atoms with Crippen LogP contribution in [0.5, 0.6) is 0 Å². The number of carbonyl (C=O) groups is 1.